The van der Waals surface area contributed by atoms with Crippen LogP contribution in [0.2, 0.25) is 0 Å². The van der Waals surface area contributed by atoms with E-state index in [4.69, 9.17) is 15.2 Å². The molecule has 3 N–H and O–H groups in total. The molecule has 0 radical (unpaired) electrons. The highest BCUT2D eigenvalue weighted by molar-refractivity contribution is 8.01. The second-order valence-electron chi connectivity index (χ2n) is 8.05. The van der Waals surface area contributed by atoms with Gasteiger partial charge in [0.05, 0.1) is 5.41 Å². The van der Waals surface area contributed by atoms with Gasteiger partial charge in [-0.3, -0.25) is 19.3 Å². The van der Waals surface area contributed by atoms with Gasteiger partial charge < -0.3 is 20.3 Å². The molecular weight excluding hydrogens is 462 g/mol. The molecule has 3 heterocycles. The SMILES string of the molecule is Cn1nc(OCOC(=O)C(C)(C)C)c(=O)nc1SCC1=C(C(=O)O)N2C(=O)[C@@H](N)[C@H]2SC1. The van der Waals surface area contributed by atoms with Crippen LogP contribution < -0.4 is 16.0 Å². The predicted octanol–water partition coefficient (Wildman–Crippen LogP) is -0.226. The lowest BCUT2D eigenvalue weighted by Gasteiger charge is -2.48. The number of esters is 1. The molecule has 0 saturated carbocycles. The third kappa shape index (κ3) is 4.76. The largest absolute Gasteiger partial charge is 0.477 e. The van der Waals surface area contributed by atoms with Gasteiger partial charge >= 0.3 is 23.4 Å². The molecule has 0 bridgehead atoms. The number of carbonyl (C=O) groups is 3. The van der Waals surface area contributed by atoms with E-state index in [1.807, 2.05) is 0 Å². The molecule has 0 aromatic carbocycles. The number of carboxylic acids is 1. The maximum absolute atomic E-state index is 12.2. The summed E-state index contributed by atoms with van der Waals surface area (Å²) in [5.41, 5.74) is 4.71. The number of aromatic nitrogens is 3. The predicted molar refractivity (Wildman–Crippen MR) is 115 cm³/mol. The zero-order chi connectivity index (χ0) is 23.8. The van der Waals surface area contributed by atoms with E-state index in [0.717, 1.165) is 11.8 Å². The summed E-state index contributed by atoms with van der Waals surface area (Å²) < 4.78 is 11.4. The highest BCUT2D eigenvalue weighted by atomic mass is 32.2. The van der Waals surface area contributed by atoms with Crippen molar-refractivity contribution in [2.75, 3.05) is 18.3 Å². The van der Waals surface area contributed by atoms with Gasteiger partial charge in [-0.25, -0.2) is 9.48 Å². The van der Waals surface area contributed by atoms with Crippen molar-refractivity contribution in [3.63, 3.8) is 0 Å². The zero-order valence-electron chi connectivity index (χ0n) is 17.9. The van der Waals surface area contributed by atoms with E-state index in [-0.39, 0.29) is 27.9 Å². The normalized spacial score (nSPS) is 20.5. The minimum atomic E-state index is -1.21. The van der Waals surface area contributed by atoms with Gasteiger partial charge in [0.1, 0.15) is 17.1 Å². The average Bonchev–Trinajstić information content (AvgIpc) is 2.72. The Kier molecular flexibility index (Phi) is 6.86. The van der Waals surface area contributed by atoms with Crippen LogP contribution in [0.15, 0.2) is 21.2 Å². The number of amides is 1. The first-order valence-electron chi connectivity index (χ1n) is 9.45. The quantitative estimate of drug-likeness (QED) is 0.226. The molecule has 1 aromatic rings. The summed E-state index contributed by atoms with van der Waals surface area (Å²) in [6, 6.07) is -0.703. The van der Waals surface area contributed by atoms with E-state index in [9.17, 15) is 24.3 Å². The Labute approximate surface area is 191 Å². The first kappa shape index (κ1) is 24.1. The standard InChI is InChI=1S/C18H23N5O7S2/c1-18(2,3)16(28)30-7-29-12-11(24)20-17(22(4)21-12)32-6-8-5-31-14-9(19)13(25)23(14)10(8)15(26)27/h9,14H,5-7,19H2,1-4H3,(H,26,27)/t9-,14-/m1/s1. The van der Waals surface area contributed by atoms with Gasteiger partial charge in [0.2, 0.25) is 12.7 Å². The number of aliphatic carboxylic acids is 1. The fourth-order valence-electron chi connectivity index (χ4n) is 2.84. The Hall–Kier alpha value is -2.58. The van der Waals surface area contributed by atoms with E-state index in [0.29, 0.717) is 11.3 Å². The molecule has 1 aromatic heterocycles. The van der Waals surface area contributed by atoms with Gasteiger partial charge in [0.25, 0.3) is 0 Å². The van der Waals surface area contributed by atoms with E-state index >= 15 is 0 Å². The number of hydrogen-bond donors (Lipinski definition) is 2. The van der Waals surface area contributed by atoms with Gasteiger partial charge in [0.15, 0.2) is 5.16 Å². The lowest BCUT2D eigenvalue weighted by Crippen LogP contribution is -2.68. The Morgan fingerprint density at radius 3 is 2.66 bits per heavy atom. The number of ether oxygens (including phenoxy) is 2. The van der Waals surface area contributed by atoms with Crippen LogP contribution in [0.3, 0.4) is 0 Å². The van der Waals surface area contributed by atoms with Crippen LogP contribution in [0.4, 0.5) is 0 Å². The molecule has 14 heteroatoms. The summed E-state index contributed by atoms with van der Waals surface area (Å²) in [7, 11) is 1.54. The minimum Gasteiger partial charge on any atom is -0.477 e. The lowest BCUT2D eigenvalue weighted by molar-refractivity contribution is -0.159. The third-order valence-corrected chi connectivity index (χ3v) is 7.03. The van der Waals surface area contributed by atoms with Gasteiger partial charge in [-0.05, 0) is 26.3 Å². The van der Waals surface area contributed by atoms with Crippen LogP contribution in [-0.4, -0.2) is 72.3 Å². The van der Waals surface area contributed by atoms with Crippen molar-refractivity contribution < 1.29 is 29.0 Å². The summed E-state index contributed by atoms with van der Waals surface area (Å²) >= 11 is 2.50. The smallest absolute Gasteiger partial charge is 0.352 e. The highest BCUT2D eigenvalue weighted by Gasteiger charge is 2.51. The number of rotatable bonds is 7. The molecule has 2 aliphatic heterocycles. The number of thioether (sulfide) groups is 2. The fourth-order valence-corrected chi connectivity index (χ4v) is 5.18. The van der Waals surface area contributed by atoms with Crippen molar-refractivity contribution in [1.82, 2.24) is 19.7 Å². The van der Waals surface area contributed by atoms with E-state index in [1.165, 1.54) is 21.3 Å². The Morgan fingerprint density at radius 2 is 2.03 bits per heavy atom. The number of carboxylic acid groups (broad SMARTS) is 1. The summed E-state index contributed by atoms with van der Waals surface area (Å²) in [4.78, 5) is 52.9. The second-order valence-corrected chi connectivity index (χ2v) is 10.1. The fraction of sp³-hybridized carbons (Fsp3) is 0.556. The van der Waals surface area contributed by atoms with Crippen molar-refractivity contribution in [1.29, 1.82) is 0 Å². The lowest BCUT2D eigenvalue weighted by atomic mass is 9.98. The van der Waals surface area contributed by atoms with Crippen LogP contribution in [0.5, 0.6) is 5.88 Å². The molecule has 2 aliphatic rings. The maximum atomic E-state index is 12.2. The maximum Gasteiger partial charge on any atom is 0.352 e. The zero-order valence-corrected chi connectivity index (χ0v) is 19.5. The average molecular weight is 486 g/mol. The van der Waals surface area contributed by atoms with Crippen molar-refractivity contribution >= 4 is 41.4 Å². The summed E-state index contributed by atoms with van der Waals surface area (Å²) in [6.45, 7) is 4.57. The van der Waals surface area contributed by atoms with Gasteiger partial charge in [-0.15, -0.1) is 16.9 Å². The molecule has 2 atom stereocenters. The molecular formula is C18H23N5O7S2. The second kappa shape index (κ2) is 9.11. The number of nitrogens with two attached hydrogens (primary N) is 1. The third-order valence-electron chi connectivity index (χ3n) is 4.56. The van der Waals surface area contributed by atoms with E-state index in [1.54, 1.807) is 27.8 Å². The molecule has 1 fully saturated rings. The number of nitrogens with zero attached hydrogens (tertiary/aromatic N) is 4. The van der Waals surface area contributed by atoms with Crippen LogP contribution in [0, 0.1) is 5.41 Å². The van der Waals surface area contributed by atoms with Crippen molar-refractivity contribution in [3.05, 3.63) is 21.6 Å². The van der Waals surface area contributed by atoms with Crippen LogP contribution in [-0.2, 0) is 26.2 Å². The van der Waals surface area contributed by atoms with Crippen LogP contribution in [0.1, 0.15) is 20.8 Å². The van der Waals surface area contributed by atoms with E-state index in [2.05, 4.69) is 10.1 Å². The summed E-state index contributed by atoms with van der Waals surface area (Å²) in [6.07, 6.45) is 0. The molecule has 0 aliphatic carbocycles. The van der Waals surface area contributed by atoms with Crippen molar-refractivity contribution in [3.8, 4) is 5.88 Å². The highest BCUT2D eigenvalue weighted by Crippen LogP contribution is 2.40. The first-order chi connectivity index (χ1) is 14.9. The van der Waals surface area contributed by atoms with Crippen LogP contribution >= 0.6 is 23.5 Å². The molecule has 0 unspecified atom stereocenters. The molecule has 12 nitrogen and oxygen atoms in total. The number of β-lactam (4-membered cyclic amide) rings is 1. The Morgan fingerprint density at radius 1 is 1.34 bits per heavy atom. The Bertz CT molecular complexity index is 1050. The molecule has 3 rings (SSSR count). The number of fused-ring (bicyclic) bond motifs is 1. The van der Waals surface area contributed by atoms with E-state index < -0.39 is 41.7 Å². The molecule has 0 spiro atoms. The molecule has 1 saturated heterocycles. The minimum absolute atomic E-state index is 0.0773. The van der Waals surface area contributed by atoms with Crippen molar-refractivity contribution in [2.24, 2.45) is 18.2 Å². The van der Waals surface area contributed by atoms with Crippen LogP contribution in [0.25, 0.3) is 0 Å². The van der Waals surface area contributed by atoms with Gasteiger partial charge in [-0.1, -0.05) is 11.8 Å². The number of aryl methyl sites for hydroxylation is 1. The monoisotopic (exact) mass is 485 g/mol. The number of hydrogen-bond acceptors (Lipinski definition) is 11. The first-order valence-corrected chi connectivity index (χ1v) is 11.5. The molecule has 1 amide bonds. The summed E-state index contributed by atoms with van der Waals surface area (Å²) in [5, 5.41) is 13.4. The summed E-state index contributed by atoms with van der Waals surface area (Å²) in [5.74, 6) is -1.89. The topological polar surface area (TPSA) is 167 Å². The van der Waals surface area contributed by atoms with Gasteiger partial charge in [-0.2, -0.15) is 4.98 Å². The van der Waals surface area contributed by atoms with Crippen molar-refractivity contribution in [2.45, 2.75) is 37.3 Å². The molecule has 32 heavy (non-hydrogen) atoms. The Balaban J connectivity index is 1.69. The molecule has 174 valence electrons. The number of carbonyl (C=O) groups excluding carboxylic acids is 2. The van der Waals surface area contributed by atoms with Gasteiger partial charge in [0, 0.05) is 18.6 Å².